The maximum absolute atomic E-state index is 8.32. The molecule has 2 aromatic heterocycles. The molecule has 0 amide bonds. The summed E-state index contributed by atoms with van der Waals surface area (Å²) in [7, 11) is 0. The standard InChI is InChI=1S/C25H34N8OS/c26-15-20(16-29-8-3-11-33-9-1-2-10-33)19-14-22-21(30-17-19)4-5-23(31-22)32-25(28)35-24(27)18-6-12-34-13-7-18/h4-5,14-18,27H,1-3,6-13,26H2,(H2,28,31,32)/b20-15+,27-24?,29-16?. The molecule has 5 N–H and O–H groups in total. The Morgan fingerprint density at radius 1 is 1.23 bits per heavy atom. The number of nitrogens with zero attached hydrogens (tertiary/aromatic N) is 5. The van der Waals surface area contributed by atoms with Crippen LogP contribution in [0.1, 0.15) is 37.7 Å². The molecule has 2 aromatic rings. The third-order valence-electron chi connectivity index (χ3n) is 6.26. The molecule has 2 aliphatic heterocycles. The molecule has 0 radical (unpaired) electrons. The molecule has 0 aliphatic carbocycles. The summed E-state index contributed by atoms with van der Waals surface area (Å²) in [5.74, 6) is 0.664. The van der Waals surface area contributed by atoms with E-state index < -0.39 is 0 Å². The quantitative estimate of drug-likeness (QED) is 0.290. The second-order valence-corrected chi connectivity index (χ2v) is 9.86. The maximum Gasteiger partial charge on any atom is 0.166 e. The van der Waals surface area contributed by atoms with Crippen LogP contribution < -0.4 is 11.5 Å². The maximum atomic E-state index is 8.32. The Morgan fingerprint density at radius 2 is 2.03 bits per heavy atom. The van der Waals surface area contributed by atoms with E-state index in [2.05, 4.69) is 24.9 Å². The second-order valence-electron chi connectivity index (χ2n) is 8.79. The van der Waals surface area contributed by atoms with Crippen LogP contribution in [0.5, 0.6) is 0 Å². The number of rotatable bonds is 8. The summed E-state index contributed by atoms with van der Waals surface area (Å²) >= 11 is 1.19. The molecule has 0 aromatic carbocycles. The van der Waals surface area contributed by atoms with E-state index in [0.29, 0.717) is 34.8 Å². The number of thioether (sulfide) groups is 1. The van der Waals surface area contributed by atoms with Gasteiger partial charge in [-0.1, -0.05) is 0 Å². The minimum Gasteiger partial charge on any atom is -0.404 e. The number of likely N-dealkylation sites (tertiary alicyclic amines) is 1. The minimum atomic E-state index is 0.183. The van der Waals surface area contributed by atoms with Gasteiger partial charge in [0.25, 0.3) is 0 Å². The van der Waals surface area contributed by atoms with E-state index in [0.717, 1.165) is 49.0 Å². The number of amidine groups is 1. The fraction of sp³-hybridized carbons (Fsp3) is 0.480. The molecule has 2 saturated heterocycles. The Hall–Kier alpha value is -2.82. The second kappa shape index (κ2) is 12.8. The highest BCUT2D eigenvalue weighted by molar-refractivity contribution is 8.26. The largest absolute Gasteiger partial charge is 0.404 e. The first-order chi connectivity index (χ1) is 17.1. The lowest BCUT2D eigenvalue weighted by Crippen LogP contribution is -2.23. The Kier molecular flexibility index (Phi) is 9.21. The first-order valence-electron chi connectivity index (χ1n) is 12.2. The van der Waals surface area contributed by atoms with Crippen LogP contribution in [0.2, 0.25) is 0 Å². The molecule has 2 fully saturated rings. The number of fused-ring (bicyclic) bond motifs is 1. The monoisotopic (exact) mass is 494 g/mol. The molecule has 2 aliphatic rings. The molecule has 4 heterocycles. The molecule has 0 spiro atoms. The van der Waals surface area contributed by atoms with Crippen LogP contribution in [0.3, 0.4) is 0 Å². The van der Waals surface area contributed by atoms with Gasteiger partial charge in [0.2, 0.25) is 0 Å². The van der Waals surface area contributed by atoms with Crippen LogP contribution in [-0.4, -0.2) is 70.7 Å². The van der Waals surface area contributed by atoms with Crippen molar-refractivity contribution in [2.24, 2.45) is 27.4 Å². The van der Waals surface area contributed by atoms with Gasteiger partial charge in [0, 0.05) is 55.4 Å². The van der Waals surface area contributed by atoms with Gasteiger partial charge in [0.15, 0.2) is 11.0 Å². The summed E-state index contributed by atoms with van der Waals surface area (Å²) in [5.41, 5.74) is 15.1. The van der Waals surface area contributed by atoms with Gasteiger partial charge in [-0.15, -0.1) is 0 Å². The molecule has 0 atom stereocenters. The first kappa shape index (κ1) is 25.3. The lowest BCUT2D eigenvalue weighted by molar-refractivity contribution is 0.0833. The molecular formula is C25H34N8OS. The van der Waals surface area contributed by atoms with E-state index in [1.54, 1.807) is 18.5 Å². The number of nitrogens with one attached hydrogen (secondary N) is 1. The molecule has 35 heavy (non-hydrogen) atoms. The van der Waals surface area contributed by atoms with Crippen molar-refractivity contribution >= 4 is 50.6 Å². The Morgan fingerprint density at radius 3 is 2.80 bits per heavy atom. The van der Waals surface area contributed by atoms with Crippen LogP contribution in [0.15, 0.2) is 40.6 Å². The molecule has 9 nitrogen and oxygen atoms in total. The number of allylic oxidation sites excluding steroid dienone is 1. The zero-order valence-electron chi connectivity index (χ0n) is 20.0. The van der Waals surface area contributed by atoms with Crippen molar-refractivity contribution in [1.29, 1.82) is 5.41 Å². The fourth-order valence-corrected chi connectivity index (χ4v) is 5.04. The van der Waals surface area contributed by atoms with Crippen molar-refractivity contribution in [2.45, 2.75) is 32.1 Å². The summed E-state index contributed by atoms with van der Waals surface area (Å²) in [5, 5.41) is 9.15. The summed E-state index contributed by atoms with van der Waals surface area (Å²) in [6.07, 6.45) is 10.5. The highest BCUT2D eigenvalue weighted by Crippen LogP contribution is 2.24. The topological polar surface area (TPSA) is 139 Å². The Bertz CT molecular complexity index is 1100. The Labute approximate surface area is 210 Å². The van der Waals surface area contributed by atoms with E-state index >= 15 is 0 Å². The number of hydrogen-bond acceptors (Lipinski definition) is 9. The van der Waals surface area contributed by atoms with E-state index in [4.69, 9.17) is 21.6 Å². The fourth-order valence-electron chi connectivity index (χ4n) is 4.28. The van der Waals surface area contributed by atoms with E-state index in [-0.39, 0.29) is 5.92 Å². The highest BCUT2D eigenvalue weighted by atomic mass is 32.2. The zero-order chi connectivity index (χ0) is 24.5. The van der Waals surface area contributed by atoms with Crippen LogP contribution in [-0.2, 0) is 4.74 Å². The van der Waals surface area contributed by atoms with Crippen molar-refractivity contribution < 1.29 is 4.74 Å². The average Bonchev–Trinajstić information content (AvgIpc) is 3.40. The lowest BCUT2D eigenvalue weighted by atomic mass is 10.0. The molecule has 0 saturated carbocycles. The van der Waals surface area contributed by atoms with E-state index in [1.807, 2.05) is 18.3 Å². The summed E-state index contributed by atoms with van der Waals surface area (Å²) in [4.78, 5) is 20.6. The molecular weight excluding hydrogens is 460 g/mol. The SMILES string of the molecule is N=C(SC(N)=Nc1ccc2ncc(/C(C=NCCCN3CCCC3)=C/N)cc2n1)C1CCOCC1. The third kappa shape index (κ3) is 7.33. The van der Waals surface area contributed by atoms with E-state index in [1.165, 1.54) is 37.7 Å². The normalized spacial score (nSPS) is 18.6. The lowest BCUT2D eigenvalue weighted by Gasteiger charge is -2.21. The van der Waals surface area contributed by atoms with Crippen LogP contribution in [0.4, 0.5) is 5.82 Å². The first-order valence-corrected chi connectivity index (χ1v) is 13.0. The number of ether oxygens (including phenoxy) is 1. The highest BCUT2D eigenvalue weighted by Gasteiger charge is 2.20. The number of aliphatic imine (C=N–C) groups is 2. The number of aromatic nitrogens is 2. The Balaban J connectivity index is 1.39. The van der Waals surface area contributed by atoms with Crippen molar-refractivity contribution in [3.8, 4) is 0 Å². The van der Waals surface area contributed by atoms with Crippen molar-refractivity contribution in [2.75, 3.05) is 39.4 Å². The van der Waals surface area contributed by atoms with Gasteiger partial charge in [0.1, 0.15) is 0 Å². The van der Waals surface area contributed by atoms with Crippen LogP contribution in [0, 0.1) is 11.3 Å². The van der Waals surface area contributed by atoms with E-state index in [9.17, 15) is 0 Å². The summed E-state index contributed by atoms with van der Waals surface area (Å²) in [6.45, 7) is 5.67. The van der Waals surface area contributed by atoms with Crippen molar-refractivity contribution in [3.05, 3.63) is 36.2 Å². The van der Waals surface area contributed by atoms with Gasteiger partial charge in [-0.2, -0.15) is 0 Å². The van der Waals surface area contributed by atoms with Gasteiger partial charge in [-0.05, 0) is 81.7 Å². The number of hydrogen-bond donors (Lipinski definition) is 3. The van der Waals surface area contributed by atoms with Crippen molar-refractivity contribution in [3.63, 3.8) is 0 Å². The zero-order valence-corrected chi connectivity index (χ0v) is 20.8. The summed E-state index contributed by atoms with van der Waals surface area (Å²) < 4.78 is 5.37. The predicted molar refractivity (Wildman–Crippen MR) is 145 cm³/mol. The van der Waals surface area contributed by atoms with Crippen LogP contribution in [0.25, 0.3) is 16.6 Å². The molecule has 186 valence electrons. The van der Waals surface area contributed by atoms with Gasteiger partial charge in [-0.25, -0.2) is 9.98 Å². The minimum absolute atomic E-state index is 0.183. The smallest absolute Gasteiger partial charge is 0.166 e. The van der Waals surface area contributed by atoms with Crippen molar-refractivity contribution in [1.82, 2.24) is 14.9 Å². The van der Waals surface area contributed by atoms with Gasteiger partial charge in [0.05, 0.1) is 16.1 Å². The van der Waals surface area contributed by atoms with Gasteiger partial charge >= 0.3 is 0 Å². The molecule has 0 unspecified atom stereocenters. The molecule has 4 rings (SSSR count). The van der Waals surface area contributed by atoms with Gasteiger partial charge < -0.3 is 21.1 Å². The number of pyridine rings is 2. The molecule has 0 bridgehead atoms. The number of nitrogens with two attached hydrogens (primary N) is 2. The third-order valence-corrected chi connectivity index (χ3v) is 7.11. The average molecular weight is 495 g/mol. The summed E-state index contributed by atoms with van der Waals surface area (Å²) in [6, 6.07) is 5.58. The van der Waals surface area contributed by atoms with Crippen LogP contribution >= 0.6 is 11.8 Å². The molecule has 10 heteroatoms. The van der Waals surface area contributed by atoms with Gasteiger partial charge in [-0.3, -0.25) is 15.4 Å². The predicted octanol–water partition coefficient (Wildman–Crippen LogP) is 3.57.